The first-order chi connectivity index (χ1) is 8.77. The summed E-state index contributed by atoms with van der Waals surface area (Å²) in [5.74, 6) is -2.67. The first-order valence-corrected chi connectivity index (χ1v) is 8.04. The zero-order chi connectivity index (χ0) is 14.6. The van der Waals surface area contributed by atoms with Gasteiger partial charge >= 0.3 is 5.97 Å². The molecule has 1 N–H and O–H groups in total. The maximum Gasteiger partial charge on any atom is 0.353 e. The molecule has 0 aromatic rings. The van der Waals surface area contributed by atoms with Crippen LogP contribution in [0.4, 0.5) is 0 Å². The molecule has 20 heavy (non-hydrogen) atoms. The summed E-state index contributed by atoms with van der Waals surface area (Å²) < 4.78 is 31.1. The van der Waals surface area contributed by atoms with Gasteiger partial charge in [-0.2, -0.15) is 20.2 Å². The van der Waals surface area contributed by atoms with E-state index in [4.69, 9.17) is 4.55 Å². The molecule has 8 nitrogen and oxygen atoms in total. The number of nitrogens with zero attached hydrogens (tertiary/aromatic N) is 1. The Hall–Kier alpha value is -0.208. The van der Waals surface area contributed by atoms with Gasteiger partial charge in [-0.15, -0.1) is 5.06 Å². The van der Waals surface area contributed by atoms with Crippen LogP contribution in [0.2, 0.25) is 0 Å². The summed E-state index contributed by atoms with van der Waals surface area (Å²) >= 11 is 1.27. The third-order valence-electron chi connectivity index (χ3n) is 2.27. The van der Waals surface area contributed by atoms with Gasteiger partial charge in [-0.3, -0.25) is 15.8 Å². The van der Waals surface area contributed by atoms with Crippen LogP contribution < -0.4 is 0 Å². The van der Waals surface area contributed by atoms with Gasteiger partial charge in [-0.05, 0) is 18.4 Å². The minimum absolute atomic E-state index is 0. The summed E-state index contributed by atoms with van der Waals surface area (Å²) in [6, 6.07) is 0. The number of carbonyl (C=O) groups is 3. The van der Waals surface area contributed by atoms with Crippen molar-refractivity contribution in [2.75, 3.05) is 12.0 Å². The van der Waals surface area contributed by atoms with Crippen molar-refractivity contribution in [3.8, 4) is 0 Å². The van der Waals surface area contributed by atoms with Crippen LogP contribution in [0.3, 0.4) is 0 Å². The molecule has 11 heteroatoms. The molecule has 0 aliphatic carbocycles. The first-order valence-electron chi connectivity index (χ1n) is 5.14. The predicted octanol–water partition coefficient (Wildman–Crippen LogP) is -0.583. The molecule has 112 valence electrons. The number of hydroxylamine groups is 2. The Bertz CT molecular complexity index is 477. The number of carbonyl (C=O) groups excluding carboxylic acids is 3. The second-order valence-electron chi connectivity index (χ2n) is 3.63. The number of hydrogen-bond acceptors (Lipinski definition) is 7. The SMILES string of the molecule is CSCCC(C(=O)ON1C(=O)[CH-]CC1=O)S(=O)(=O)O.[U]. The summed E-state index contributed by atoms with van der Waals surface area (Å²) in [6.07, 6.45) is 2.29. The van der Waals surface area contributed by atoms with Crippen LogP contribution in [0.1, 0.15) is 12.8 Å². The number of thioether (sulfide) groups is 1. The minimum Gasteiger partial charge on any atom is -0.331 e. The van der Waals surface area contributed by atoms with Gasteiger partial charge in [0.15, 0.2) is 5.25 Å². The molecule has 0 bridgehead atoms. The second-order valence-corrected chi connectivity index (χ2v) is 6.21. The molecule has 1 rings (SSSR count). The Balaban J connectivity index is 0.00000361. The van der Waals surface area contributed by atoms with Gasteiger partial charge in [-0.1, -0.05) is 6.42 Å². The molecular formula is C9H12NO7S2U-. The van der Waals surface area contributed by atoms with Gasteiger partial charge in [0.2, 0.25) is 5.91 Å². The predicted molar refractivity (Wildman–Crippen MR) is 65.2 cm³/mol. The Morgan fingerprint density at radius 1 is 1.55 bits per heavy atom. The van der Waals surface area contributed by atoms with Crippen molar-refractivity contribution < 1.29 is 63.3 Å². The van der Waals surface area contributed by atoms with Gasteiger partial charge < -0.3 is 9.63 Å². The van der Waals surface area contributed by atoms with E-state index in [-0.39, 0.29) is 54.8 Å². The van der Waals surface area contributed by atoms with E-state index in [9.17, 15) is 22.8 Å². The van der Waals surface area contributed by atoms with Crippen molar-refractivity contribution in [1.29, 1.82) is 0 Å². The molecule has 1 heterocycles. The molecule has 0 saturated carbocycles. The fourth-order valence-electron chi connectivity index (χ4n) is 1.32. The van der Waals surface area contributed by atoms with Gasteiger partial charge in [0.05, 0.1) is 0 Å². The van der Waals surface area contributed by atoms with E-state index in [1.807, 2.05) is 0 Å². The average molecular weight is 548 g/mol. The largest absolute Gasteiger partial charge is 0.353 e. The molecule has 1 fully saturated rings. The molecule has 1 aliphatic heterocycles. The van der Waals surface area contributed by atoms with Crippen molar-refractivity contribution >= 4 is 39.7 Å². The van der Waals surface area contributed by atoms with Crippen LogP contribution in [-0.4, -0.2) is 53.1 Å². The van der Waals surface area contributed by atoms with Crippen LogP contribution in [0.5, 0.6) is 0 Å². The van der Waals surface area contributed by atoms with Crippen molar-refractivity contribution in [3.05, 3.63) is 6.42 Å². The van der Waals surface area contributed by atoms with E-state index in [1.165, 1.54) is 11.8 Å². The van der Waals surface area contributed by atoms with E-state index in [0.29, 0.717) is 0 Å². The van der Waals surface area contributed by atoms with Gasteiger partial charge in [0, 0.05) is 31.1 Å². The summed E-state index contributed by atoms with van der Waals surface area (Å²) in [7, 11) is -4.66. The number of imide groups is 1. The molecule has 0 aromatic heterocycles. The Labute approximate surface area is 144 Å². The third kappa shape index (κ3) is 5.29. The Kier molecular flexibility index (Phi) is 8.20. The zero-order valence-electron chi connectivity index (χ0n) is 10.4. The van der Waals surface area contributed by atoms with Crippen LogP contribution in [0.15, 0.2) is 0 Å². The second kappa shape index (κ2) is 8.29. The first kappa shape index (κ1) is 19.8. The fraction of sp³-hybridized carbons (Fsp3) is 0.556. The minimum atomic E-state index is -4.66. The van der Waals surface area contributed by atoms with E-state index >= 15 is 0 Å². The maximum absolute atomic E-state index is 11.6. The summed E-state index contributed by atoms with van der Waals surface area (Å²) in [4.78, 5) is 38.4. The van der Waals surface area contributed by atoms with E-state index in [2.05, 4.69) is 4.84 Å². The van der Waals surface area contributed by atoms with Crippen LogP contribution >= 0.6 is 11.8 Å². The van der Waals surface area contributed by atoms with Crippen LogP contribution in [0, 0.1) is 37.5 Å². The van der Waals surface area contributed by atoms with Gasteiger partial charge in [-0.25, -0.2) is 4.79 Å². The number of hydrogen-bond donors (Lipinski definition) is 1. The summed E-state index contributed by atoms with van der Waals surface area (Å²) in [5, 5.41) is -1.62. The van der Waals surface area contributed by atoms with Crippen molar-refractivity contribution in [2.24, 2.45) is 0 Å². The fourth-order valence-corrected chi connectivity index (χ4v) is 2.64. The molecule has 1 aliphatic rings. The molecule has 2 amide bonds. The molecule has 1 atom stereocenters. The normalized spacial score (nSPS) is 16.4. The van der Waals surface area contributed by atoms with Crippen LogP contribution in [0.25, 0.3) is 0 Å². The van der Waals surface area contributed by atoms with E-state index in [1.54, 1.807) is 6.26 Å². The van der Waals surface area contributed by atoms with Gasteiger partial charge in [0.1, 0.15) is 5.91 Å². The maximum atomic E-state index is 11.6. The van der Waals surface area contributed by atoms with E-state index < -0.39 is 33.2 Å². The number of rotatable bonds is 6. The molecule has 0 aromatic carbocycles. The summed E-state index contributed by atoms with van der Waals surface area (Å²) in [6.45, 7) is 0. The Morgan fingerprint density at radius 2 is 2.15 bits per heavy atom. The van der Waals surface area contributed by atoms with Gasteiger partial charge in [0.25, 0.3) is 10.1 Å². The Morgan fingerprint density at radius 3 is 2.55 bits per heavy atom. The topological polar surface area (TPSA) is 118 Å². The molecule has 1 saturated heterocycles. The van der Waals surface area contributed by atoms with Crippen molar-refractivity contribution in [3.63, 3.8) is 0 Å². The van der Waals surface area contributed by atoms with E-state index in [0.717, 1.165) is 6.42 Å². The van der Waals surface area contributed by atoms with Crippen LogP contribution in [-0.2, 0) is 29.3 Å². The third-order valence-corrected chi connectivity index (χ3v) is 4.06. The number of amides is 2. The monoisotopic (exact) mass is 548 g/mol. The molecule has 0 spiro atoms. The van der Waals surface area contributed by atoms with Crippen molar-refractivity contribution in [2.45, 2.75) is 18.1 Å². The quantitative estimate of drug-likeness (QED) is 0.266. The molecule has 1 unspecified atom stereocenters. The molecular weight excluding hydrogens is 536 g/mol. The standard InChI is InChI=1S/C9H12NO7S2.U/c1-18-5-4-6(19(14,15)16)9(13)17-10-7(11)2-3-8(10)12;/h2,6H,3-5H2,1H3,(H,14,15,16);/q-1;. The van der Waals surface area contributed by atoms with Crippen molar-refractivity contribution in [1.82, 2.24) is 5.06 Å². The zero-order valence-corrected chi connectivity index (χ0v) is 16.2. The summed E-state index contributed by atoms with van der Waals surface area (Å²) in [5.41, 5.74) is 0. The average Bonchev–Trinajstić information content (AvgIpc) is 2.59. The molecule has 0 radical (unpaired) electrons. The smallest absolute Gasteiger partial charge is 0.331 e.